The largest absolute Gasteiger partial charge is 0.492 e. The lowest BCUT2D eigenvalue weighted by molar-refractivity contribution is -0.118. The van der Waals surface area contributed by atoms with Crippen LogP contribution in [0.1, 0.15) is 18.9 Å². The highest BCUT2D eigenvalue weighted by Gasteiger charge is 2.13. The Hall–Kier alpha value is -3.39. The standard InChI is InChI=1S/C22H23N3O4S/c1-4-28-20-8-6-5-7-17(20)25-22(27)12-29-21-10-9-16(11-18(21)23-14(2)26)19-13-30-15(3)24-19/h5-11,13H,4,12H2,1-3H3,(H,23,26)(H,25,27). The van der Waals surface area contributed by atoms with E-state index in [4.69, 9.17) is 9.47 Å². The van der Waals surface area contributed by atoms with Crippen molar-refractivity contribution in [2.45, 2.75) is 20.8 Å². The molecule has 0 fully saturated rings. The molecule has 0 saturated heterocycles. The maximum Gasteiger partial charge on any atom is 0.262 e. The molecule has 3 rings (SSSR count). The van der Waals surface area contributed by atoms with Gasteiger partial charge < -0.3 is 20.1 Å². The Morgan fingerprint density at radius 2 is 1.80 bits per heavy atom. The van der Waals surface area contributed by atoms with Crippen molar-refractivity contribution in [3.8, 4) is 22.8 Å². The minimum Gasteiger partial charge on any atom is -0.492 e. The topological polar surface area (TPSA) is 89.6 Å². The first-order valence-electron chi connectivity index (χ1n) is 9.45. The van der Waals surface area contributed by atoms with E-state index in [0.29, 0.717) is 29.5 Å². The molecular formula is C22H23N3O4S. The number of aromatic nitrogens is 1. The summed E-state index contributed by atoms with van der Waals surface area (Å²) in [6.07, 6.45) is 0. The number of carbonyl (C=O) groups is 2. The highest BCUT2D eigenvalue weighted by atomic mass is 32.1. The van der Waals surface area contributed by atoms with Gasteiger partial charge in [-0.15, -0.1) is 11.3 Å². The molecule has 0 saturated carbocycles. The fraction of sp³-hybridized carbons (Fsp3) is 0.227. The van der Waals surface area contributed by atoms with Crippen LogP contribution in [0.15, 0.2) is 47.8 Å². The van der Waals surface area contributed by atoms with E-state index in [9.17, 15) is 9.59 Å². The molecule has 156 valence electrons. The monoisotopic (exact) mass is 425 g/mol. The summed E-state index contributed by atoms with van der Waals surface area (Å²) in [4.78, 5) is 28.5. The third-order valence-corrected chi connectivity index (χ3v) is 4.80. The van der Waals surface area contributed by atoms with Crippen LogP contribution in [0.4, 0.5) is 11.4 Å². The van der Waals surface area contributed by atoms with E-state index in [1.807, 2.05) is 37.4 Å². The van der Waals surface area contributed by atoms with Crippen LogP contribution in [0.5, 0.6) is 11.5 Å². The Balaban J connectivity index is 1.72. The number of para-hydroxylation sites is 2. The lowest BCUT2D eigenvalue weighted by Gasteiger charge is -2.14. The van der Waals surface area contributed by atoms with Crippen LogP contribution < -0.4 is 20.1 Å². The first kappa shape index (κ1) is 21.3. The number of hydrogen-bond acceptors (Lipinski definition) is 6. The second kappa shape index (κ2) is 9.89. The number of ether oxygens (including phenoxy) is 2. The summed E-state index contributed by atoms with van der Waals surface area (Å²) in [6, 6.07) is 12.5. The average Bonchev–Trinajstić information content (AvgIpc) is 3.14. The molecule has 1 aromatic heterocycles. The molecule has 2 N–H and O–H groups in total. The molecule has 7 nitrogen and oxygen atoms in total. The van der Waals surface area contributed by atoms with Gasteiger partial charge in [-0.2, -0.15) is 0 Å². The third kappa shape index (κ3) is 5.57. The maximum atomic E-state index is 12.4. The Morgan fingerprint density at radius 3 is 2.50 bits per heavy atom. The van der Waals surface area contributed by atoms with E-state index in [1.54, 1.807) is 35.6 Å². The molecule has 30 heavy (non-hydrogen) atoms. The molecule has 2 amide bonds. The van der Waals surface area contributed by atoms with Gasteiger partial charge in [0, 0.05) is 17.9 Å². The zero-order valence-electron chi connectivity index (χ0n) is 17.0. The zero-order valence-corrected chi connectivity index (χ0v) is 17.8. The second-order valence-corrected chi connectivity index (χ2v) is 7.47. The molecule has 0 spiro atoms. The summed E-state index contributed by atoms with van der Waals surface area (Å²) in [5.41, 5.74) is 2.73. The number of aryl methyl sites for hydroxylation is 1. The first-order valence-corrected chi connectivity index (χ1v) is 10.3. The van der Waals surface area contributed by atoms with Crippen molar-refractivity contribution in [2.75, 3.05) is 23.8 Å². The van der Waals surface area contributed by atoms with Crippen LogP contribution >= 0.6 is 11.3 Å². The van der Waals surface area contributed by atoms with E-state index in [-0.39, 0.29) is 18.4 Å². The number of nitrogens with zero attached hydrogens (tertiary/aromatic N) is 1. The predicted octanol–water partition coefficient (Wildman–Crippen LogP) is 4.49. The van der Waals surface area contributed by atoms with Crippen molar-refractivity contribution in [3.05, 3.63) is 52.9 Å². The number of nitrogens with one attached hydrogen (secondary N) is 2. The Morgan fingerprint density at radius 1 is 1.03 bits per heavy atom. The minimum absolute atomic E-state index is 0.220. The summed E-state index contributed by atoms with van der Waals surface area (Å²) in [5.74, 6) is 0.418. The number of carbonyl (C=O) groups excluding carboxylic acids is 2. The Labute approximate surface area is 179 Å². The van der Waals surface area contributed by atoms with E-state index in [1.165, 1.54) is 6.92 Å². The quantitative estimate of drug-likeness (QED) is 0.555. The zero-order chi connectivity index (χ0) is 21.5. The fourth-order valence-corrected chi connectivity index (χ4v) is 3.40. The van der Waals surface area contributed by atoms with Crippen molar-refractivity contribution < 1.29 is 19.1 Å². The highest BCUT2D eigenvalue weighted by molar-refractivity contribution is 7.09. The summed E-state index contributed by atoms with van der Waals surface area (Å²) in [7, 11) is 0. The second-order valence-electron chi connectivity index (χ2n) is 6.41. The van der Waals surface area contributed by atoms with Gasteiger partial charge in [0.1, 0.15) is 11.5 Å². The maximum absolute atomic E-state index is 12.4. The molecule has 0 bridgehead atoms. The van der Waals surface area contributed by atoms with Gasteiger partial charge in [0.05, 0.1) is 28.7 Å². The van der Waals surface area contributed by atoms with E-state index in [2.05, 4.69) is 15.6 Å². The number of hydrogen-bond donors (Lipinski definition) is 2. The van der Waals surface area contributed by atoms with Crippen molar-refractivity contribution >= 4 is 34.5 Å². The van der Waals surface area contributed by atoms with Crippen LogP contribution in [0, 0.1) is 6.92 Å². The molecule has 1 heterocycles. The Kier molecular flexibility index (Phi) is 7.03. The predicted molar refractivity (Wildman–Crippen MR) is 118 cm³/mol. The molecule has 2 aromatic carbocycles. The summed E-state index contributed by atoms with van der Waals surface area (Å²) >= 11 is 1.55. The van der Waals surface area contributed by atoms with Crippen molar-refractivity contribution in [2.24, 2.45) is 0 Å². The van der Waals surface area contributed by atoms with Gasteiger partial charge >= 0.3 is 0 Å². The first-order chi connectivity index (χ1) is 14.5. The molecule has 0 radical (unpaired) electrons. The minimum atomic E-state index is -0.338. The number of anilines is 2. The molecule has 8 heteroatoms. The van der Waals surface area contributed by atoms with Crippen molar-refractivity contribution in [1.82, 2.24) is 4.98 Å². The van der Waals surface area contributed by atoms with Gasteiger partial charge in [-0.1, -0.05) is 12.1 Å². The van der Waals surface area contributed by atoms with Gasteiger partial charge in [-0.05, 0) is 44.2 Å². The lowest BCUT2D eigenvalue weighted by Crippen LogP contribution is -2.21. The van der Waals surface area contributed by atoms with Gasteiger partial charge in [-0.3, -0.25) is 9.59 Å². The third-order valence-electron chi connectivity index (χ3n) is 4.02. The molecule has 0 aliphatic heterocycles. The molecule has 0 unspecified atom stereocenters. The van der Waals surface area contributed by atoms with E-state index >= 15 is 0 Å². The Bertz CT molecular complexity index is 1050. The number of amides is 2. The molecule has 0 aliphatic rings. The van der Waals surface area contributed by atoms with Gasteiger partial charge in [0.2, 0.25) is 5.91 Å². The van der Waals surface area contributed by atoms with Gasteiger partial charge in [0.25, 0.3) is 5.91 Å². The molecule has 3 aromatic rings. The van der Waals surface area contributed by atoms with Crippen LogP contribution in [0.25, 0.3) is 11.3 Å². The lowest BCUT2D eigenvalue weighted by atomic mass is 10.1. The summed E-state index contributed by atoms with van der Waals surface area (Å²) in [6.45, 7) is 5.50. The summed E-state index contributed by atoms with van der Waals surface area (Å²) < 4.78 is 11.2. The summed E-state index contributed by atoms with van der Waals surface area (Å²) in [5, 5.41) is 8.44. The van der Waals surface area contributed by atoms with E-state index < -0.39 is 0 Å². The van der Waals surface area contributed by atoms with Crippen LogP contribution in [-0.2, 0) is 9.59 Å². The van der Waals surface area contributed by atoms with Gasteiger partial charge in [0.15, 0.2) is 6.61 Å². The van der Waals surface area contributed by atoms with E-state index in [0.717, 1.165) is 16.3 Å². The normalized spacial score (nSPS) is 10.4. The molecule has 0 aliphatic carbocycles. The van der Waals surface area contributed by atoms with Gasteiger partial charge in [-0.25, -0.2) is 4.98 Å². The highest BCUT2D eigenvalue weighted by Crippen LogP contribution is 2.31. The average molecular weight is 426 g/mol. The SMILES string of the molecule is CCOc1ccccc1NC(=O)COc1ccc(-c2csc(C)n2)cc1NC(C)=O. The number of thiazole rings is 1. The molecular weight excluding hydrogens is 402 g/mol. The number of benzene rings is 2. The fourth-order valence-electron chi connectivity index (χ4n) is 2.78. The van der Waals surface area contributed by atoms with Crippen LogP contribution in [-0.4, -0.2) is 30.0 Å². The van der Waals surface area contributed by atoms with Crippen molar-refractivity contribution in [3.63, 3.8) is 0 Å². The van der Waals surface area contributed by atoms with Crippen LogP contribution in [0.3, 0.4) is 0 Å². The smallest absolute Gasteiger partial charge is 0.262 e. The molecule has 0 atom stereocenters. The number of rotatable bonds is 8. The van der Waals surface area contributed by atoms with Crippen molar-refractivity contribution in [1.29, 1.82) is 0 Å². The van der Waals surface area contributed by atoms with Crippen LogP contribution in [0.2, 0.25) is 0 Å².